The van der Waals surface area contributed by atoms with Crippen LogP contribution in [0.15, 0.2) is 24.3 Å². The second-order valence-electron chi connectivity index (χ2n) is 8.33. The van der Waals surface area contributed by atoms with Gasteiger partial charge in [-0.05, 0) is 45.7 Å². The van der Waals surface area contributed by atoms with Crippen LogP contribution in [0.4, 0.5) is 10.7 Å². The average molecular weight is 402 g/mol. The summed E-state index contributed by atoms with van der Waals surface area (Å²) in [5, 5.41) is 2.70. The van der Waals surface area contributed by atoms with E-state index in [1.165, 1.54) is 0 Å². The maximum absolute atomic E-state index is 12.5. The number of imidazole rings is 1. The largest absolute Gasteiger partial charge is 0.444 e. The van der Waals surface area contributed by atoms with Crippen molar-refractivity contribution in [1.82, 2.24) is 20.2 Å². The summed E-state index contributed by atoms with van der Waals surface area (Å²) in [6.45, 7) is 8.94. The van der Waals surface area contributed by atoms with Gasteiger partial charge in [0, 0.05) is 39.1 Å². The minimum absolute atomic E-state index is 0.127. The zero-order chi connectivity index (χ0) is 20.9. The Hall–Kier alpha value is -2.77. The molecule has 1 aromatic carbocycles. The summed E-state index contributed by atoms with van der Waals surface area (Å²) < 4.78 is 5.19. The number of amides is 2. The maximum Gasteiger partial charge on any atom is 0.407 e. The third kappa shape index (κ3) is 6.10. The number of nitrogens with zero attached hydrogens (tertiary/aromatic N) is 3. The van der Waals surface area contributed by atoms with Crippen LogP contribution in [0.2, 0.25) is 0 Å². The molecule has 0 aliphatic carbocycles. The normalized spacial score (nSPS) is 15.3. The van der Waals surface area contributed by atoms with Crippen LogP contribution in [0, 0.1) is 0 Å². The van der Waals surface area contributed by atoms with Gasteiger partial charge in [-0.15, -0.1) is 0 Å². The molecule has 0 atom stereocenters. The van der Waals surface area contributed by atoms with E-state index in [1.807, 2.05) is 49.9 Å². The second-order valence-corrected chi connectivity index (χ2v) is 8.33. The maximum atomic E-state index is 12.5. The summed E-state index contributed by atoms with van der Waals surface area (Å²) in [5.74, 6) is 0.990. The molecule has 0 unspecified atom stereocenters. The van der Waals surface area contributed by atoms with Crippen LogP contribution < -0.4 is 10.2 Å². The first-order valence-electron chi connectivity index (χ1n) is 10.3. The molecule has 0 radical (unpaired) electrons. The third-order valence-electron chi connectivity index (χ3n) is 4.76. The Morgan fingerprint density at radius 3 is 2.72 bits per heavy atom. The molecule has 0 saturated carbocycles. The molecule has 1 aromatic heterocycles. The van der Waals surface area contributed by atoms with E-state index in [-0.39, 0.29) is 5.91 Å². The number of aromatic amines is 1. The van der Waals surface area contributed by atoms with Gasteiger partial charge in [-0.25, -0.2) is 9.78 Å². The lowest BCUT2D eigenvalue weighted by atomic mass is 10.2. The minimum Gasteiger partial charge on any atom is -0.444 e. The number of alkyl carbamates (subject to hydrolysis) is 1. The summed E-state index contributed by atoms with van der Waals surface area (Å²) in [7, 11) is 0. The van der Waals surface area contributed by atoms with Crippen LogP contribution in [0.5, 0.6) is 0 Å². The van der Waals surface area contributed by atoms with E-state index in [9.17, 15) is 9.59 Å². The van der Waals surface area contributed by atoms with E-state index in [2.05, 4.69) is 20.2 Å². The lowest BCUT2D eigenvalue weighted by Crippen LogP contribution is -2.36. The van der Waals surface area contributed by atoms with Gasteiger partial charge in [0.15, 0.2) is 0 Å². The van der Waals surface area contributed by atoms with Crippen molar-refractivity contribution in [2.24, 2.45) is 0 Å². The summed E-state index contributed by atoms with van der Waals surface area (Å²) in [6.07, 6.45) is 1.47. The van der Waals surface area contributed by atoms with Crippen LogP contribution in [0.25, 0.3) is 11.0 Å². The van der Waals surface area contributed by atoms with Crippen molar-refractivity contribution < 1.29 is 14.3 Å². The van der Waals surface area contributed by atoms with Gasteiger partial charge in [-0.2, -0.15) is 0 Å². The first-order valence-corrected chi connectivity index (χ1v) is 10.3. The molecule has 1 fully saturated rings. The number of anilines is 1. The fraction of sp³-hybridized carbons (Fsp3) is 0.571. The number of hydrogen-bond donors (Lipinski definition) is 2. The van der Waals surface area contributed by atoms with E-state index in [4.69, 9.17) is 4.74 Å². The number of fused-ring (bicyclic) bond motifs is 1. The Bertz CT molecular complexity index is 809. The number of H-pyrrole nitrogens is 1. The molecular formula is C21H31N5O3. The van der Waals surface area contributed by atoms with E-state index in [0.717, 1.165) is 43.0 Å². The summed E-state index contributed by atoms with van der Waals surface area (Å²) in [5.41, 5.74) is 1.46. The van der Waals surface area contributed by atoms with Gasteiger partial charge in [0.2, 0.25) is 11.9 Å². The molecule has 8 nitrogen and oxygen atoms in total. The molecule has 158 valence electrons. The zero-order valence-corrected chi connectivity index (χ0v) is 17.5. The van der Waals surface area contributed by atoms with Gasteiger partial charge >= 0.3 is 6.09 Å². The smallest absolute Gasteiger partial charge is 0.407 e. The summed E-state index contributed by atoms with van der Waals surface area (Å²) in [4.78, 5) is 36.3. The first-order chi connectivity index (χ1) is 13.8. The molecular weight excluding hydrogens is 370 g/mol. The van der Waals surface area contributed by atoms with Gasteiger partial charge in [0.1, 0.15) is 5.60 Å². The Labute approximate surface area is 171 Å². The molecule has 2 heterocycles. The Balaban J connectivity index is 1.43. The average Bonchev–Trinajstić information content (AvgIpc) is 2.93. The fourth-order valence-corrected chi connectivity index (χ4v) is 3.37. The Morgan fingerprint density at radius 2 is 1.97 bits per heavy atom. The number of benzene rings is 1. The van der Waals surface area contributed by atoms with Crippen molar-refractivity contribution in [3.8, 4) is 0 Å². The first kappa shape index (κ1) is 21.0. The molecule has 2 amide bonds. The topological polar surface area (TPSA) is 90.6 Å². The highest BCUT2D eigenvalue weighted by Crippen LogP contribution is 2.18. The van der Waals surface area contributed by atoms with Crippen LogP contribution in [0.3, 0.4) is 0 Å². The second kappa shape index (κ2) is 9.15. The van der Waals surface area contributed by atoms with Crippen molar-refractivity contribution in [3.05, 3.63) is 24.3 Å². The SMILES string of the molecule is CC(C)(C)OC(=O)NCCCC(=O)N1CCCN(c2nc3ccccc3[nH]2)CC1. The van der Waals surface area contributed by atoms with Gasteiger partial charge in [-0.1, -0.05) is 12.1 Å². The molecule has 29 heavy (non-hydrogen) atoms. The molecule has 2 N–H and O–H groups in total. The van der Waals surface area contributed by atoms with Crippen LogP contribution in [-0.2, 0) is 9.53 Å². The van der Waals surface area contributed by atoms with Crippen molar-refractivity contribution >= 4 is 29.0 Å². The summed E-state index contributed by atoms with van der Waals surface area (Å²) in [6, 6.07) is 7.98. The van der Waals surface area contributed by atoms with Crippen molar-refractivity contribution in [2.75, 3.05) is 37.6 Å². The van der Waals surface area contributed by atoms with Crippen molar-refractivity contribution in [3.63, 3.8) is 0 Å². The number of hydrogen-bond acceptors (Lipinski definition) is 5. The molecule has 1 saturated heterocycles. The van der Waals surface area contributed by atoms with Crippen LogP contribution in [-0.4, -0.2) is 65.2 Å². The van der Waals surface area contributed by atoms with E-state index in [1.54, 1.807) is 0 Å². The van der Waals surface area contributed by atoms with Crippen LogP contribution in [0.1, 0.15) is 40.0 Å². The Morgan fingerprint density at radius 1 is 1.17 bits per heavy atom. The van der Waals surface area contributed by atoms with E-state index >= 15 is 0 Å². The molecule has 1 aliphatic rings. The lowest BCUT2D eigenvalue weighted by molar-refractivity contribution is -0.131. The highest BCUT2D eigenvalue weighted by atomic mass is 16.6. The number of aromatic nitrogens is 2. The van der Waals surface area contributed by atoms with Gasteiger partial charge in [0.05, 0.1) is 11.0 Å². The fourth-order valence-electron chi connectivity index (χ4n) is 3.37. The number of nitrogens with one attached hydrogen (secondary N) is 2. The predicted octanol–water partition coefficient (Wildman–Crippen LogP) is 2.91. The van der Waals surface area contributed by atoms with Gasteiger partial charge < -0.3 is 24.8 Å². The molecule has 2 aromatic rings. The third-order valence-corrected chi connectivity index (χ3v) is 4.76. The molecule has 3 rings (SSSR count). The van der Waals surface area contributed by atoms with E-state index < -0.39 is 11.7 Å². The number of carbonyl (C=O) groups is 2. The highest BCUT2D eigenvalue weighted by Gasteiger charge is 2.21. The Kier molecular flexibility index (Phi) is 6.61. The quantitative estimate of drug-likeness (QED) is 0.752. The zero-order valence-electron chi connectivity index (χ0n) is 17.5. The minimum atomic E-state index is -0.516. The number of para-hydroxylation sites is 2. The van der Waals surface area contributed by atoms with E-state index in [0.29, 0.717) is 25.9 Å². The van der Waals surface area contributed by atoms with Crippen LogP contribution >= 0.6 is 0 Å². The number of rotatable bonds is 5. The standard InChI is InChI=1S/C21H31N5O3/c1-21(2,3)29-20(28)22-11-6-10-18(27)25-12-7-13-26(15-14-25)19-23-16-8-4-5-9-17(16)24-19/h4-5,8-9H,6-7,10-15H2,1-3H3,(H,22,28)(H,23,24). The molecule has 0 spiro atoms. The predicted molar refractivity (Wildman–Crippen MR) is 113 cm³/mol. The molecule has 8 heteroatoms. The van der Waals surface area contributed by atoms with Crippen molar-refractivity contribution in [1.29, 1.82) is 0 Å². The highest BCUT2D eigenvalue weighted by molar-refractivity contribution is 5.78. The monoisotopic (exact) mass is 401 g/mol. The molecule has 0 bridgehead atoms. The van der Waals surface area contributed by atoms with Gasteiger partial charge in [0.25, 0.3) is 0 Å². The summed E-state index contributed by atoms with van der Waals surface area (Å²) >= 11 is 0. The molecule has 1 aliphatic heterocycles. The number of carbonyl (C=O) groups excluding carboxylic acids is 2. The van der Waals surface area contributed by atoms with Crippen molar-refractivity contribution in [2.45, 2.75) is 45.6 Å². The number of ether oxygens (including phenoxy) is 1. The lowest BCUT2D eigenvalue weighted by Gasteiger charge is -2.22. The van der Waals surface area contributed by atoms with Gasteiger partial charge in [-0.3, -0.25) is 4.79 Å².